The first kappa shape index (κ1) is 31.4. The molecular formula is C30H32F3N5O5S. The Kier molecular flexibility index (Phi) is 7.95. The highest BCUT2D eigenvalue weighted by atomic mass is 32.2. The molecule has 0 bridgehead atoms. The maximum Gasteiger partial charge on any atom is 0.416 e. The molecule has 1 unspecified atom stereocenters. The molecule has 1 aliphatic carbocycles. The Balaban J connectivity index is 1.78. The van der Waals surface area contributed by atoms with Crippen LogP contribution in [0.3, 0.4) is 0 Å². The zero-order valence-electron chi connectivity index (χ0n) is 24.3. The first-order chi connectivity index (χ1) is 20.5. The molecule has 2 aliphatic rings. The summed E-state index contributed by atoms with van der Waals surface area (Å²) >= 11 is 0. The third-order valence-electron chi connectivity index (χ3n) is 8.48. The highest BCUT2D eigenvalue weighted by Crippen LogP contribution is 2.46. The van der Waals surface area contributed by atoms with Crippen LogP contribution in [0, 0.1) is 5.92 Å². The van der Waals surface area contributed by atoms with Crippen LogP contribution in [0.15, 0.2) is 48.7 Å². The number of alkyl halides is 3. The number of nitrogens with two attached hydrogens (primary N) is 1. The topological polar surface area (TPSA) is 143 Å². The van der Waals surface area contributed by atoms with Gasteiger partial charge < -0.3 is 20.9 Å². The molecular weight excluding hydrogens is 599 g/mol. The number of sulfone groups is 1. The molecule has 234 valence electrons. The first-order valence-corrected chi connectivity index (χ1v) is 16.0. The molecule has 10 nitrogen and oxygen atoms in total. The van der Waals surface area contributed by atoms with Gasteiger partial charge in [0.25, 0.3) is 0 Å². The standard InChI is InChI=1S/C30H32F3N5O5S/c1-29(35-2,28(34)41)22-15-37(26(39)16-44(3,42)43)25-12-18(30(31,32)33)10-11-24(25)38(27(22)40)14-21-19-6-4-5-7-23(19)36-13-20(21)17-8-9-17/h4-7,10-13,17,22,35H,8-9,14-16H2,1-3H3,(H2,34,41)/t22-,29?/m1/s1. The van der Waals surface area contributed by atoms with Crippen molar-refractivity contribution in [2.45, 2.75) is 43.9 Å². The Labute approximate surface area is 252 Å². The van der Waals surface area contributed by atoms with E-state index in [1.807, 2.05) is 24.3 Å². The van der Waals surface area contributed by atoms with Crippen LogP contribution in [0.5, 0.6) is 0 Å². The van der Waals surface area contributed by atoms with Crippen molar-refractivity contribution in [1.82, 2.24) is 10.3 Å². The second-order valence-electron chi connectivity index (χ2n) is 11.6. The maximum atomic E-state index is 14.6. The molecule has 44 heavy (non-hydrogen) atoms. The van der Waals surface area contributed by atoms with E-state index in [0.717, 1.165) is 58.7 Å². The molecule has 3 aromatic rings. The lowest BCUT2D eigenvalue weighted by Crippen LogP contribution is -2.63. The van der Waals surface area contributed by atoms with E-state index in [2.05, 4.69) is 10.3 Å². The van der Waals surface area contributed by atoms with E-state index >= 15 is 0 Å². The van der Waals surface area contributed by atoms with Crippen molar-refractivity contribution >= 4 is 49.8 Å². The molecule has 2 aromatic carbocycles. The van der Waals surface area contributed by atoms with E-state index in [-0.39, 0.29) is 23.8 Å². The molecule has 0 spiro atoms. The fourth-order valence-corrected chi connectivity index (χ4v) is 6.31. The van der Waals surface area contributed by atoms with Crippen LogP contribution in [0.4, 0.5) is 24.5 Å². The van der Waals surface area contributed by atoms with E-state index < -0.39 is 63.1 Å². The smallest absolute Gasteiger partial charge is 0.368 e. The van der Waals surface area contributed by atoms with Gasteiger partial charge in [-0.15, -0.1) is 0 Å². The van der Waals surface area contributed by atoms with E-state index in [9.17, 15) is 36.0 Å². The van der Waals surface area contributed by atoms with Crippen molar-refractivity contribution < 1.29 is 36.0 Å². The molecule has 14 heteroatoms. The second-order valence-corrected chi connectivity index (χ2v) is 13.7. The molecule has 1 fully saturated rings. The third-order valence-corrected chi connectivity index (χ3v) is 9.25. The molecule has 2 atom stereocenters. The normalized spacial score (nSPS) is 19.0. The van der Waals surface area contributed by atoms with Crippen LogP contribution < -0.4 is 20.9 Å². The minimum absolute atomic E-state index is 0.0436. The molecule has 3 N–H and O–H groups in total. The summed E-state index contributed by atoms with van der Waals surface area (Å²) in [5.74, 6) is -4.93. The number of aromatic nitrogens is 1. The van der Waals surface area contributed by atoms with Gasteiger partial charge in [0.1, 0.15) is 11.3 Å². The second kappa shape index (κ2) is 11.1. The van der Waals surface area contributed by atoms with Crippen molar-refractivity contribution in [3.05, 3.63) is 65.4 Å². The van der Waals surface area contributed by atoms with E-state index in [4.69, 9.17) is 5.73 Å². The van der Waals surface area contributed by atoms with Crippen LogP contribution >= 0.6 is 0 Å². The summed E-state index contributed by atoms with van der Waals surface area (Å²) in [5, 5.41) is 3.51. The predicted molar refractivity (Wildman–Crippen MR) is 159 cm³/mol. The summed E-state index contributed by atoms with van der Waals surface area (Å²) in [4.78, 5) is 47.6. The lowest BCUT2D eigenvalue weighted by Gasteiger charge is -2.36. The summed E-state index contributed by atoms with van der Waals surface area (Å²) in [6.45, 7) is 0.643. The molecule has 3 amide bonds. The van der Waals surface area contributed by atoms with Gasteiger partial charge in [-0.05, 0) is 68.1 Å². The number of anilines is 2. The number of benzene rings is 2. The van der Waals surface area contributed by atoms with Gasteiger partial charge in [-0.1, -0.05) is 18.2 Å². The van der Waals surface area contributed by atoms with Gasteiger partial charge in [0.2, 0.25) is 17.7 Å². The number of carbonyl (C=O) groups excluding carboxylic acids is 3. The number of amides is 3. The van der Waals surface area contributed by atoms with E-state index in [1.54, 1.807) is 6.20 Å². The van der Waals surface area contributed by atoms with Gasteiger partial charge in [-0.3, -0.25) is 19.4 Å². The molecule has 0 radical (unpaired) electrons. The molecule has 1 aliphatic heterocycles. The number of nitrogens with one attached hydrogen (secondary N) is 1. The summed E-state index contributed by atoms with van der Waals surface area (Å²) in [6, 6.07) is 9.91. The average Bonchev–Trinajstić information content (AvgIpc) is 3.80. The average molecular weight is 632 g/mol. The number of pyridine rings is 1. The zero-order chi connectivity index (χ0) is 32.2. The Hall–Kier alpha value is -4.04. The SMILES string of the molecule is CNC(C)(C(N)=O)[C@@H]1CN(C(=O)CS(C)(=O)=O)c2cc(C(F)(F)F)ccc2N(Cc2c(C3CC3)cnc3ccccc23)C1=O. The number of fused-ring (bicyclic) bond motifs is 2. The first-order valence-electron chi connectivity index (χ1n) is 13.9. The lowest BCUT2D eigenvalue weighted by atomic mass is 9.83. The summed E-state index contributed by atoms with van der Waals surface area (Å²) in [6.07, 6.45) is -0.440. The van der Waals surface area contributed by atoms with Crippen molar-refractivity contribution in [2.24, 2.45) is 11.7 Å². The van der Waals surface area contributed by atoms with Crippen LogP contribution in [-0.4, -0.2) is 62.3 Å². The van der Waals surface area contributed by atoms with Crippen molar-refractivity contribution in [1.29, 1.82) is 0 Å². The number of hydrogen-bond acceptors (Lipinski definition) is 7. The van der Waals surface area contributed by atoms with E-state index in [1.165, 1.54) is 18.9 Å². The number of hydrogen-bond donors (Lipinski definition) is 2. The fraction of sp³-hybridized carbons (Fsp3) is 0.400. The van der Waals surface area contributed by atoms with Gasteiger partial charge >= 0.3 is 6.18 Å². The van der Waals surface area contributed by atoms with Gasteiger partial charge in [0.15, 0.2) is 9.84 Å². The lowest BCUT2D eigenvalue weighted by molar-refractivity contribution is -0.137. The largest absolute Gasteiger partial charge is 0.416 e. The highest BCUT2D eigenvalue weighted by molar-refractivity contribution is 7.91. The number of carbonyl (C=O) groups is 3. The molecule has 0 saturated heterocycles. The molecule has 1 aromatic heterocycles. The molecule has 1 saturated carbocycles. The number of halogens is 3. The Morgan fingerprint density at radius 2 is 1.80 bits per heavy atom. The van der Waals surface area contributed by atoms with Crippen molar-refractivity contribution in [3.8, 4) is 0 Å². The number of nitrogens with zero attached hydrogens (tertiary/aromatic N) is 3. The number of likely N-dealkylation sites (N-methyl/N-ethyl adjacent to an activating group) is 1. The Bertz CT molecular complexity index is 1780. The Morgan fingerprint density at radius 1 is 1.11 bits per heavy atom. The van der Waals surface area contributed by atoms with Crippen LogP contribution in [0.25, 0.3) is 10.9 Å². The predicted octanol–water partition coefficient (Wildman–Crippen LogP) is 3.14. The van der Waals surface area contributed by atoms with Gasteiger partial charge in [-0.2, -0.15) is 13.2 Å². The summed E-state index contributed by atoms with van der Waals surface area (Å²) in [5.41, 5.74) is 4.81. The van der Waals surface area contributed by atoms with Gasteiger partial charge in [0.05, 0.1) is 34.9 Å². The molecule has 5 rings (SSSR count). The van der Waals surface area contributed by atoms with E-state index in [0.29, 0.717) is 5.52 Å². The third kappa shape index (κ3) is 5.87. The minimum atomic E-state index is -4.81. The quantitative estimate of drug-likeness (QED) is 0.389. The fourth-order valence-electron chi connectivity index (χ4n) is 5.70. The minimum Gasteiger partial charge on any atom is -0.368 e. The van der Waals surface area contributed by atoms with Crippen molar-refractivity contribution in [3.63, 3.8) is 0 Å². The summed E-state index contributed by atoms with van der Waals surface area (Å²) in [7, 11) is -2.54. The number of rotatable bonds is 8. The summed E-state index contributed by atoms with van der Waals surface area (Å²) < 4.78 is 66.2. The Morgan fingerprint density at radius 3 is 2.39 bits per heavy atom. The monoisotopic (exact) mass is 631 g/mol. The molecule has 2 heterocycles. The maximum absolute atomic E-state index is 14.6. The van der Waals surface area contributed by atoms with Crippen LogP contribution in [0.2, 0.25) is 0 Å². The number of para-hydroxylation sites is 1. The number of primary amides is 1. The van der Waals surface area contributed by atoms with Crippen molar-refractivity contribution in [2.75, 3.05) is 35.4 Å². The van der Waals surface area contributed by atoms with Crippen LogP contribution in [0.1, 0.15) is 42.4 Å². The van der Waals surface area contributed by atoms with Gasteiger partial charge in [-0.25, -0.2) is 8.42 Å². The van der Waals surface area contributed by atoms with Gasteiger partial charge in [0, 0.05) is 24.4 Å². The van der Waals surface area contributed by atoms with Crippen LogP contribution in [-0.2, 0) is 36.9 Å². The zero-order valence-corrected chi connectivity index (χ0v) is 25.1. The highest BCUT2D eigenvalue weighted by Gasteiger charge is 2.49.